The molecule has 9 heteroatoms. The molecule has 0 saturated carbocycles. The first kappa shape index (κ1) is 19.6. The predicted octanol–water partition coefficient (Wildman–Crippen LogP) is 5.02. The summed E-state index contributed by atoms with van der Waals surface area (Å²) in [5.41, 5.74) is 3.15. The van der Waals surface area contributed by atoms with Gasteiger partial charge in [-0.1, -0.05) is 41.1 Å². The maximum Gasteiger partial charge on any atom is 0.262 e. The molecule has 1 N–H and O–H groups in total. The van der Waals surface area contributed by atoms with Crippen molar-refractivity contribution >= 4 is 34.4 Å². The van der Waals surface area contributed by atoms with Gasteiger partial charge in [0.25, 0.3) is 5.56 Å². The Balaban J connectivity index is 1.40. The lowest BCUT2D eigenvalue weighted by molar-refractivity contribution is 0.530. The molecule has 154 valence electrons. The Bertz CT molecular complexity index is 1420. The third-order valence-electron chi connectivity index (χ3n) is 4.71. The van der Waals surface area contributed by atoms with E-state index in [0.717, 1.165) is 16.8 Å². The summed E-state index contributed by atoms with van der Waals surface area (Å²) in [6.07, 6.45) is 3.20. The van der Waals surface area contributed by atoms with Crippen LogP contribution in [0.1, 0.15) is 11.5 Å². The number of nitrogens with zero attached hydrogens (tertiary/aromatic N) is 4. The topological polar surface area (TPSA) is 89.6 Å². The Morgan fingerprint density at radius 3 is 2.65 bits per heavy atom. The van der Waals surface area contributed by atoms with Gasteiger partial charge in [-0.2, -0.15) is 5.10 Å². The fourth-order valence-corrected chi connectivity index (χ4v) is 3.93. The molecule has 0 unspecified atom stereocenters. The van der Waals surface area contributed by atoms with Crippen LogP contribution in [0.2, 0.25) is 5.02 Å². The minimum Gasteiger partial charge on any atom is -0.440 e. The number of aromatic amines is 1. The number of benzene rings is 2. The number of fused-ring (bicyclic) bond motifs is 1. The number of oxazole rings is 1. The number of hydrogen-bond donors (Lipinski definition) is 1. The first-order valence-corrected chi connectivity index (χ1v) is 10.8. The molecule has 0 spiro atoms. The summed E-state index contributed by atoms with van der Waals surface area (Å²) in [5, 5.41) is 5.91. The van der Waals surface area contributed by atoms with Gasteiger partial charge in [0.05, 0.1) is 23.8 Å². The zero-order valence-electron chi connectivity index (χ0n) is 16.4. The number of hydrogen-bond acceptors (Lipinski definition) is 6. The Kier molecular flexibility index (Phi) is 5.09. The third-order valence-corrected chi connectivity index (χ3v) is 5.82. The molecule has 0 aliphatic heterocycles. The van der Waals surface area contributed by atoms with E-state index in [1.165, 1.54) is 18.0 Å². The highest BCUT2D eigenvalue weighted by Gasteiger charge is 2.13. The van der Waals surface area contributed by atoms with Crippen molar-refractivity contribution in [2.45, 2.75) is 17.8 Å². The van der Waals surface area contributed by atoms with Gasteiger partial charge in [-0.05, 0) is 43.3 Å². The second-order valence-corrected chi connectivity index (χ2v) is 8.31. The molecule has 2 aromatic carbocycles. The highest BCUT2D eigenvalue weighted by atomic mass is 35.5. The first-order chi connectivity index (χ1) is 15.1. The average molecular weight is 450 g/mol. The summed E-state index contributed by atoms with van der Waals surface area (Å²) in [6.45, 7) is 2.02. The number of aryl methyl sites for hydroxylation is 1. The summed E-state index contributed by atoms with van der Waals surface area (Å²) < 4.78 is 7.49. The van der Waals surface area contributed by atoms with Crippen LogP contribution in [-0.2, 0) is 5.75 Å². The second kappa shape index (κ2) is 8.05. The number of aromatic nitrogens is 5. The van der Waals surface area contributed by atoms with Crippen LogP contribution >= 0.6 is 23.4 Å². The molecule has 0 atom stereocenters. The van der Waals surface area contributed by atoms with Gasteiger partial charge in [-0.25, -0.2) is 14.6 Å². The number of nitrogens with one attached hydrogen (secondary N) is 1. The van der Waals surface area contributed by atoms with E-state index in [4.69, 9.17) is 16.0 Å². The van der Waals surface area contributed by atoms with Gasteiger partial charge in [0.2, 0.25) is 5.89 Å². The van der Waals surface area contributed by atoms with E-state index in [0.29, 0.717) is 38.6 Å². The van der Waals surface area contributed by atoms with Crippen LogP contribution in [0.25, 0.3) is 28.0 Å². The fourth-order valence-electron chi connectivity index (χ4n) is 3.10. The molecular weight excluding hydrogens is 434 g/mol. The molecule has 0 amide bonds. The largest absolute Gasteiger partial charge is 0.440 e. The molecule has 5 aromatic rings. The van der Waals surface area contributed by atoms with E-state index >= 15 is 0 Å². The molecule has 3 aromatic heterocycles. The minimum absolute atomic E-state index is 0.236. The number of H-pyrrole nitrogens is 1. The fraction of sp³-hybridized carbons (Fsp3) is 0.0909. The lowest BCUT2D eigenvalue weighted by Crippen LogP contribution is -2.09. The summed E-state index contributed by atoms with van der Waals surface area (Å²) in [5.74, 6) is 1.60. The Morgan fingerprint density at radius 1 is 1.10 bits per heavy atom. The number of rotatable bonds is 5. The minimum atomic E-state index is -0.236. The summed E-state index contributed by atoms with van der Waals surface area (Å²) in [6, 6.07) is 15.2. The normalized spacial score (nSPS) is 11.3. The SMILES string of the molecule is Cc1ccc(-n2ncc3c(=O)[nH]c(SCc4ncc(-c5ccc(Cl)cc5)o4)nc32)cc1. The van der Waals surface area contributed by atoms with Gasteiger partial charge in [0.1, 0.15) is 5.39 Å². The van der Waals surface area contributed by atoms with E-state index < -0.39 is 0 Å². The maximum absolute atomic E-state index is 12.5. The van der Waals surface area contributed by atoms with Gasteiger partial charge in [-0.15, -0.1) is 0 Å². The monoisotopic (exact) mass is 449 g/mol. The number of halogens is 1. The lowest BCUT2D eigenvalue weighted by atomic mass is 10.2. The van der Waals surface area contributed by atoms with Crippen molar-refractivity contribution < 1.29 is 4.42 Å². The molecule has 3 heterocycles. The molecule has 0 fully saturated rings. The first-order valence-electron chi connectivity index (χ1n) is 9.45. The Hall–Kier alpha value is -3.36. The van der Waals surface area contributed by atoms with E-state index in [2.05, 4.69) is 20.1 Å². The Labute approximate surface area is 186 Å². The van der Waals surface area contributed by atoms with Crippen LogP contribution in [0, 0.1) is 6.92 Å². The molecule has 0 aliphatic carbocycles. The van der Waals surface area contributed by atoms with Crippen LogP contribution in [0.5, 0.6) is 0 Å². The maximum atomic E-state index is 12.5. The van der Waals surface area contributed by atoms with Crippen LogP contribution in [0.3, 0.4) is 0 Å². The summed E-state index contributed by atoms with van der Waals surface area (Å²) in [4.78, 5) is 24.2. The van der Waals surface area contributed by atoms with E-state index in [-0.39, 0.29) is 5.56 Å². The standard InChI is InChI=1S/C22H16ClN5O2S/c1-13-2-8-16(9-3-13)28-20-17(10-25-28)21(29)27-22(26-20)31-12-19-24-11-18(30-19)14-4-6-15(23)7-5-14/h2-11H,12H2,1H3,(H,26,27,29). The predicted molar refractivity (Wildman–Crippen MR) is 121 cm³/mol. The lowest BCUT2D eigenvalue weighted by Gasteiger charge is -2.04. The van der Waals surface area contributed by atoms with Gasteiger partial charge < -0.3 is 9.40 Å². The summed E-state index contributed by atoms with van der Waals surface area (Å²) >= 11 is 7.27. The number of thioether (sulfide) groups is 1. The molecule has 0 saturated heterocycles. The van der Waals surface area contributed by atoms with E-state index in [1.54, 1.807) is 23.0 Å². The van der Waals surface area contributed by atoms with Crippen LogP contribution in [0.4, 0.5) is 0 Å². The molecule has 0 bridgehead atoms. The Morgan fingerprint density at radius 2 is 1.87 bits per heavy atom. The molecule has 31 heavy (non-hydrogen) atoms. The highest BCUT2D eigenvalue weighted by Crippen LogP contribution is 2.26. The smallest absolute Gasteiger partial charge is 0.262 e. The third kappa shape index (κ3) is 3.99. The van der Waals surface area contributed by atoms with Crippen molar-refractivity contribution in [3.8, 4) is 17.0 Å². The van der Waals surface area contributed by atoms with Crippen LogP contribution in [-0.4, -0.2) is 24.7 Å². The molecular formula is C22H16ClN5O2S. The zero-order valence-corrected chi connectivity index (χ0v) is 17.9. The summed E-state index contributed by atoms with van der Waals surface area (Å²) in [7, 11) is 0. The van der Waals surface area contributed by atoms with Crippen molar-refractivity contribution in [2.75, 3.05) is 0 Å². The average Bonchev–Trinajstić information content (AvgIpc) is 3.41. The molecule has 7 nitrogen and oxygen atoms in total. The second-order valence-electron chi connectivity index (χ2n) is 6.91. The zero-order chi connectivity index (χ0) is 21.4. The van der Waals surface area contributed by atoms with E-state index in [9.17, 15) is 4.79 Å². The van der Waals surface area contributed by atoms with Gasteiger partial charge >= 0.3 is 0 Å². The van der Waals surface area contributed by atoms with Crippen LogP contribution < -0.4 is 5.56 Å². The van der Waals surface area contributed by atoms with Gasteiger partial charge in [0.15, 0.2) is 16.6 Å². The molecule has 0 aliphatic rings. The van der Waals surface area contributed by atoms with Crippen molar-refractivity contribution in [3.63, 3.8) is 0 Å². The van der Waals surface area contributed by atoms with Gasteiger partial charge in [0, 0.05) is 10.6 Å². The molecule has 0 radical (unpaired) electrons. The van der Waals surface area contributed by atoms with Crippen molar-refractivity contribution in [1.29, 1.82) is 0 Å². The van der Waals surface area contributed by atoms with Crippen LogP contribution in [0.15, 0.2) is 75.3 Å². The van der Waals surface area contributed by atoms with Crippen molar-refractivity contribution in [3.05, 3.63) is 87.8 Å². The van der Waals surface area contributed by atoms with Crippen molar-refractivity contribution in [2.24, 2.45) is 0 Å². The van der Waals surface area contributed by atoms with Gasteiger partial charge in [-0.3, -0.25) is 4.79 Å². The molecule has 5 rings (SSSR count). The quantitative estimate of drug-likeness (QED) is 0.299. The van der Waals surface area contributed by atoms with E-state index in [1.807, 2.05) is 43.3 Å². The van der Waals surface area contributed by atoms with Crippen molar-refractivity contribution in [1.82, 2.24) is 24.7 Å². The highest BCUT2D eigenvalue weighted by molar-refractivity contribution is 7.98.